The highest BCUT2D eigenvalue weighted by atomic mass is 32.1. The summed E-state index contributed by atoms with van der Waals surface area (Å²) in [7, 11) is 0. The first kappa shape index (κ1) is 49.1. The maximum atomic E-state index is 2.70. The summed E-state index contributed by atoms with van der Waals surface area (Å²) in [6.07, 6.45) is 1.11. The van der Waals surface area contributed by atoms with Gasteiger partial charge in [0.1, 0.15) is 0 Å². The minimum absolute atomic E-state index is 0.0127. The Morgan fingerprint density at radius 3 is 1.68 bits per heavy atom. The lowest BCUT2D eigenvalue weighted by Gasteiger charge is -2.44. The third-order valence-corrected chi connectivity index (χ3v) is 17.9. The van der Waals surface area contributed by atoms with Crippen LogP contribution in [0.3, 0.4) is 0 Å². The number of nitrogens with zero attached hydrogens (tertiary/aromatic N) is 3. The second-order valence-corrected chi connectivity index (χ2v) is 27.4. The van der Waals surface area contributed by atoms with Crippen LogP contribution < -0.4 is 30.4 Å². The summed E-state index contributed by atoms with van der Waals surface area (Å²) < 4.78 is 2.72. The van der Waals surface area contributed by atoms with Crippen molar-refractivity contribution in [1.82, 2.24) is 0 Å². The summed E-state index contributed by atoms with van der Waals surface area (Å²) in [4.78, 5) is 7.81. The molecule has 0 saturated carbocycles. The topological polar surface area (TPSA) is 9.72 Å². The van der Waals surface area contributed by atoms with Crippen LogP contribution in [0.1, 0.15) is 130 Å². The number of aryl methyl sites for hydroxylation is 1. The fraction of sp³-hybridized carbons (Fsp3) is 0.286. The smallest absolute Gasteiger partial charge is 0.264 e. The van der Waals surface area contributed by atoms with Crippen LogP contribution in [0.4, 0.5) is 51.2 Å². The predicted molar refractivity (Wildman–Crippen MR) is 327 cm³/mol. The maximum Gasteiger partial charge on any atom is 0.264 e. The van der Waals surface area contributed by atoms with Gasteiger partial charge in [0.25, 0.3) is 6.71 Å². The van der Waals surface area contributed by atoms with Gasteiger partial charge in [-0.3, -0.25) is 0 Å². The molecular weight excluding hydrogens is 926 g/mol. The van der Waals surface area contributed by atoms with E-state index in [1.165, 1.54) is 104 Å². The highest BCUT2D eigenvalue weighted by Crippen LogP contribution is 2.55. The molecule has 1 aromatic heterocycles. The summed E-state index contributed by atoms with van der Waals surface area (Å²) in [5, 5.41) is 1.32. The van der Waals surface area contributed by atoms with E-state index in [2.05, 4.69) is 281 Å². The Hall–Kier alpha value is -6.82. The monoisotopic (exact) mass is 998 g/mol. The van der Waals surface area contributed by atoms with Crippen molar-refractivity contribution in [2.24, 2.45) is 0 Å². The normalized spacial score (nSPS) is 15.4. The van der Waals surface area contributed by atoms with Gasteiger partial charge in [-0.25, -0.2) is 0 Å². The van der Waals surface area contributed by atoms with Gasteiger partial charge < -0.3 is 14.7 Å². The number of fused-ring (bicyclic) bond motifs is 7. The minimum Gasteiger partial charge on any atom is -0.311 e. The van der Waals surface area contributed by atoms with Gasteiger partial charge in [0, 0.05) is 54.6 Å². The van der Waals surface area contributed by atoms with Crippen LogP contribution in [0, 0.1) is 6.92 Å². The van der Waals surface area contributed by atoms with Crippen molar-refractivity contribution in [3.05, 3.63) is 203 Å². The lowest BCUT2D eigenvalue weighted by Crippen LogP contribution is -2.60. The van der Waals surface area contributed by atoms with E-state index in [1.54, 1.807) is 0 Å². The summed E-state index contributed by atoms with van der Waals surface area (Å²) in [6.45, 7) is 33.0. The Morgan fingerprint density at radius 1 is 0.493 bits per heavy atom. The van der Waals surface area contributed by atoms with Crippen molar-refractivity contribution in [3.8, 4) is 11.1 Å². The molecule has 0 N–H and O–H groups in total. The second-order valence-electron chi connectivity index (χ2n) is 26.3. The standard InChI is InChI=1S/C70H72BN3S/c1-44-25-34-59-57(37-44)71-63-60(73(51-32-33-55-56(40-51)70(13,14)43-69(55,11)12)64-54-39-48(68(8,9)10)31-36-62(54)75-65(64)71)41-52(72(49-21-17-15-18-22-49)50-23-19-16-20-24-50)42-61(63)74(59)58-35-30-47(67(5,6)7)38-53(58)45-26-28-46(29-27-45)66(2,3)4/h15-42H,43H2,1-14H3. The second kappa shape index (κ2) is 17.1. The molecule has 5 heteroatoms. The van der Waals surface area contributed by atoms with E-state index in [-0.39, 0.29) is 33.8 Å². The molecule has 0 bridgehead atoms. The number of hydrogen-bond acceptors (Lipinski definition) is 4. The first-order valence-corrected chi connectivity index (χ1v) is 28.1. The van der Waals surface area contributed by atoms with Crippen LogP contribution in [-0.2, 0) is 27.1 Å². The first-order valence-electron chi connectivity index (χ1n) is 27.2. The van der Waals surface area contributed by atoms with Crippen LogP contribution in [-0.4, -0.2) is 6.71 Å². The molecule has 376 valence electrons. The third-order valence-electron chi connectivity index (χ3n) is 16.7. The largest absolute Gasteiger partial charge is 0.311 e. The van der Waals surface area contributed by atoms with Crippen molar-refractivity contribution in [3.63, 3.8) is 0 Å². The molecule has 0 atom stereocenters. The van der Waals surface area contributed by atoms with E-state index in [0.717, 1.165) is 23.5 Å². The molecular formula is C70H72BN3S. The van der Waals surface area contributed by atoms with Crippen molar-refractivity contribution in [2.45, 2.75) is 130 Å². The third kappa shape index (κ3) is 8.15. The van der Waals surface area contributed by atoms with Gasteiger partial charge in [-0.15, -0.1) is 11.3 Å². The quantitative estimate of drug-likeness (QED) is 0.154. The molecule has 2 aliphatic heterocycles. The number of hydrogen-bond donors (Lipinski definition) is 0. The van der Waals surface area contributed by atoms with Crippen LogP contribution >= 0.6 is 11.3 Å². The Kier molecular flexibility index (Phi) is 11.2. The zero-order valence-electron chi connectivity index (χ0n) is 46.7. The highest BCUT2D eigenvalue weighted by molar-refractivity contribution is 7.33. The van der Waals surface area contributed by atoms with Gasteiger partial charge >= 0.3 is 0 Å². The number of anilines is 9. The first-order chi connectivity index (χ1) is 35.5. The fourth-order valence-electron chi connectivity index (χ4n) is 13.0. The molecule has 8 aromatic carbocycles. The van der Waals surface area contributed by atoms with Gasteiger partial charge in [0.05, 0.1) is 17.1 Å². The summed E-state index contributed by atoms with van der Waals surface area (Å²) in [6, 6.07) is 65.7. The van der Waals surface area contributed by atoms with Gasteiger partial charge in [0.2, 0.25) is 0 Å². The van der Waals surface area contributed by atoms with E-state index in [4.69, 9.17) is 0 Å². The zero-order chi connectivity index (χ0) is 52.7. The molecule has 3 heterocycles. The lowest BCUT2D eigenvalue weighted by atomic mass is 9.36. The molecule has 1 aliphatic carbocycles. The molecule has 0 unspecified atom stereocenters. The molecule has 12 rings (SSSR count). The molecule has 75 heavy (non-hydrogen) atoms. The van der Waals surface area contributed by atoms with E-state index in [0.29, 0.717) is 0 Å². The minimum atomic E-state index is -0.0594. The molecule has 3 aliphatic rings. The Labute approximate surface area is 452 Å². The number of thiophene rings is 1. The molecule has 0 radical (unpaired) electrons. The lowest BCUT2D eigenvalue weighted by molar-refractivity contribution is 0.403. The van der Waals surface area contributed by atoms with E-state index < -0.39 is 0 Å². The Bertz CT molecular complexity index is 3670. The van der Waals surface area contributed by atoms with Crippen molar-refractivity contribution in [1.29, 1.82) is 0 Å². The van der Waals surface area contributed by atoms with Gasteiger partial charge in [-0.1, -0.05) is 187 Å². The van der Waals surface area contributed by atoms with Crippen molar-refractivity contribution in [2.75, 3.05) is 14.7 Å². The van der Waals surface area contributed by atoms with E-state index in [1.807, 2.05) is 11.3 Å². The number of para-hydroxylation sites is 2. The molecule has 0 saturated heterocycles. The molecule has 0 fully saturated rings. The molecule has 9 aromatic rings. The van der Waals surface area contributed by atoms with E-state index >= 15 is 0 Å². The van der Waals surface area contributed by atoms with Crippen LogP contribution in [0.2, 0.25) is 0 Å². The molecule has 3 nitrogen and oxygen atoms in total. The number of benzene rings is 8. The molecule has 0 spiro atoms. The highest BCUT2D eigenvalue weighted by Gasteiger charge is 2.48. The van der Waals surface area contributed by atoms with Crippen LogP contribution in [0.25, 0.3) is 21.2 Å². The van der Waals surface area contributed by atoms with Gasteiger partial charge in [0.15, 0.2) is 0 Å². The van der Waals surface area contributed by atoms with Crippen molar-refractivity contribution < 1.29 is 0 Å². The summed E-state index contributed by atoms with van der Waals surface area (Å²) in [5.41, 5.74) is 24.0. The Morgan fingerprint density at radius 2 is 1.05 bits per heavy atom. The number of rotatable bonds is 6. The average Bonchev–Trinajstić information content (AvgIpc) is 3.88. The van der Waals surface area contributed by atoms with E-state index in [9.17, 15) is 0 Å². The summed E-state index contributed by atoms with van der Waals surface area (Å²) >= 11 is 1.99. The average molecular weight is 998 g/mol. The Balaban J connectivity index is 1.24. The SMILES string of the molecule is Cc1ccc2c(c1)B1c3sc4ccc(C(C)(C)C)cc4c3N(c3ccc4c(c3)C(C)(C)CC4(C)C)c3cc(N(c4ccccc4)c4ccccc4)cc(c31)N2c1ccc(C(C)(C)C)cc1-c1ccc(C(C)(C)C)cc1. The van der Waals surface area contributed by atoms with Crippen LogP contribution in [0.15, 0.2) is 170 Å². The van der Waals surface area contributed by atoms with Gasteiger partial charge in [-0.05, 0) is 164 Å². The van der Waals surface area contributed by atoms with Crippen LogP contribution in [0.5, 0.6) is 0 Å². The zero-order valence-corrected chi connectivity index (χ0v) is 47.5. The maximum absolute atomic E-state index is 2.70. The summed E-state index contributed by atoms with van der Waals surface area (Å²) in [5.74, 6) is 0. The molecule has 0 amide bonds. The fourth-order valence-corrected chi connectivity index (χ4v) is 14.3. The predicted octanol–water partition coefficient (Wildman–Crippen LogP) is 18.3. The van der Waals surface area contributed by atoms with Crippen molar-refractivity contribution >= 4 is 95.0 Å². The van der Waals surface area contributed by atoms with Gasteiger partial charge in [-0.2, -0.15) is 0 Å².